The summed E-state index contributed by atoms with van der Waals surface area (Å²) < 4.78 is 91.3. The number of ether oxygens (including phenoxy) is 2. The summed E-state index contributed by atoms with van der Waals surface area (Å²) >= 11 is 0. The number of rotatable bonds is 10. The maximum absolute atomic E-state index is 12.0. The van der Waals surface area contributed by atoms with Gasteiger partial charge in [-0.15, -0.1) is 0 Å². The number of carbonyl (C=O) groups is 2. The molecule has 6 heterocycles. The highest BCUT2D eigenvalue weighted by molar-refractivity contribution is 7.02. The van der Waals surface area contributed by atoms with Crippen LogP contribution in [0.3, 0.4) is 0 Å². The summed E-state index contributed by atoms with van der Waals surface area (Å²) in [6.07, 6.45) is 0.635. The van der Waals surface area contributed by atoms with Crippen molar-refractivity contribution in [1.29, 1.82) is 0 Å². The number of carbonyl (C=O) groups excluding carboxylic acids is 2. The number of esters is 2. The minimum Gasteiger partial charge on any atom is -0.462 e. The van der Waals surface area contributed by atoms with Gasteiger partial charge in [0.25, 0.3) is 0 Å². The van der Waals surface area contributed by atoms with Gasteiger partial charge in [0, 0.05) is 62.5 Å². The SMILES string of the molecule is C=C(C)C(=O)OCCC[Si]12O[Si]3(C)O[Si]4(C)O[Si](C)(O[Si]5(C)O[Si](C)(O[Si](C)(O3)O[Si](CCCOC(=O)C(=C)C)(O4)O5)O1)O2. The molecule has 0 atom stereocenters. The fraction of sp³-hybridized carbons (Fsp3) is 0.700. The maximum atomic E-state index is 12.0. The third-order valence-electron chi connectivity index (χ3n) is 6.69. The van der Waals surface area contributed by atoms with Gasteiger partial charge in [0.15, 0.2) is 0 Å². The molecular weight excluding hydrogens is 721 g/mol. The molecule has 0 radical (unpaired) electrons. The summed E-state index contributed by atoms with van der Waals surface area (Å²) in [5.41, 5.74) is 0.574. The molecule has 248 valence electrons. The van der Waals surface area contributed by atoms with E-state index in [2.05, 4.69) is 13.2 Å². The lowest BCUT2D eigenvalue weighted by Gasteiger charge is -2.61. The summed E-state index contributed by atoms with van der Waals surface area (Å²) in [6.45, 7) is 20.7. The second-order valence-electron chi connectivity index (χ2n) is 11.8. The molecule has 0 N–H and O–H groups in total. The molecule has 8 bridgehead atoms. The topological polar surface area (TPSA) is 163 Å². The summed E-state index contributed by atoms with van der Waals surface area (Å²) in [6, 6.07) is 0.380. The molecule has 0 spiro atoms. The van der Waals surface area contributed by atoms with Gasteiger partial charge in [-0.3, -0.25) is 0 Å². The van der Waals surface area contributed by atoms with E-state index in [1.54, 1.807) is 53.1 Å². The molecular formula is C20H40O16Si8. The van der Waals surface area contributed by atoms with E-state index < -0.39 is 82.4 Å². The highest BCUT2D eigenvalue weighted by atomic mass is 28.6. The Bertz CT molecular complexity index is 1040. The molecule has 0 aromatic heterocycles. The third kappa shape index (κ3) is 7.53. The fourth-order valence-electron chi connectivity index (χ4n) is 5.68. The van der Waals surface area contributed by atoms with Crippen molar-refractivity contribution in [3.05, 3.63) is 24.3 Å². The van der Waals surface area contributed by atoms with Crippen LogP contribution in [0.25, 0.3) is 0 Å². The first-order valence-electron chi connectivity index (χ1n) is 14.2. The third-order valence-corrected chi connectivity index (χ3v) is 42.8. The predicted octanol–water partition coefficient (Wildman–Crippen LogP) is 2.56. The first-order valence-corrected chi connectivity index (χ1v) is 31.4. The van der Waals surface area contributed by atoms with E-state index in [-0.39, 0.29) is 36.4 Å². The normalized spacial score (nSPS) is 45.8. The Kier molecular flexibility index (Phi) is 9.29. The van der Waals surface area contributed by atoms with Crippen LogP contribution in [0.2, 0.25) is 51.4 Å². The Morgan fingerprint density at radius 3 is 0.909 bits per heavy atom. The van der Waals surface area contributed by atoms with E-state index >= 15 is 0 Å². The second-order valence-corrected chi connectivity index (χ2v) is 35.7. The van der Waals surface area contributed by atoms with Crippen LogP contribution in [-0.4, -0.2) is 95.6 Å². The van der Waals surface area contributed by atoms with Crippen molar-refractivity contribution in [2.45, 2.75) is 78.1 Å². The Labute approximate surface area is 265 Å². The Morgan fingerprint density at radius 2 is 0.705 bits per heavy atom. The van der Waals surface area contributed by atoms with E-state index in [4.69, 9.17) is 58.9 Å². The van der Waals surface area contributed by atoms with Gasteiger partial charge in [0.2, 0.25) is 0 Å². The van der Waals surface area contributed by atoms with Crippen LogP contribution in [0.15, 0.2) is 24.3 Å². The predicted molar refractivity (Wildman–Crippen MR) is 165 cm³/mol. The van der Waals surface area contributed by atoms with Gasteiger partial charge in [0.1, 0.15) is 0 Å². The summed E-state index contributed by atoms with van der Waals surface area (Å²) in [7, 11) is -30.3. The lowest BCUT2D eigenvalue weighted by atomic mass is 10.4. The average molecular weight is 761 g/mol. The Morgan fingerprint density at radius 1 is 0.477 bits per heavy atom. The van der Waals surface area contributed by atoms with Crippen LogP contribution in [0.5, 0.6) is 0 Å². The van der Waals surface area contributed by atoms with Crippen LogP contribution in [-0.2, 0) is 68.4 Å². The second kappa shape index (κ2) is 11.7. The molecule has 0 amide bonds. The van der Waals surface area contributed by atoms with Crippen molar-refractivity contribution in [2.24, 2.45) is 0 Å². The molecule has 6 fully saturated rings. The van der Waals surface area contributed by atoms with Gasteiger partial charge in [-0.2, -0.15) is 0 Å². The van der Waals surface area contributed by atoms with E-state index in [1.807, 2.05) is 0 Å². The first-order chi connectivity index (χ1) is 20.1. The Balaban J connectivity index is 1.52. The highest BCUT2D eigenvalue weighted by Gasteiger charge is 2.79. The molecule has 6 rings (SSSR count). The zero-order chi connectivity index (χ0) is 32.5. The molecule has 0 saturated carbocycles. The summed E-state index contributed by atoms with van der Waals surface area (Å²) in [5.74, 6) is -1.01. The molecule has 6 saturated heterocycles. The quantitative estimate of drug-likeness (QED) is 0.138. The smallest absolute Gasteiger partial charge is 0.462 e. The summed E-state index contributed by atoms with van der Waals surface area (Å²) in [4.78, 5) is 24.0. The number of hydrogen-bond acceptors (Lipinski definition) is 16. The van der Waals surface area contributed by atoms with E-state index in [9.17, 15) is 9.59 Å². The number of hydrogen-bond donors (Lipinski definition) is 0. The van der Waals surface area contributed by atoms with Crippen molar-refractivity contribution in [3.8, 4) is 0 Å². The fourth-order valence-corrected chi connectivity index (χ4v) is 52.0. The van der Waals surface area contributed by atoms with E-state index in [0.29, 0.717) is 12.8 Å². The lowest BCUT2D eigenvalue weighted by Crippen LogP contribution is -2.86. The maximum Gasteiger partial charge on any atom is 0.478 e. The van der Waals surface area contributed by atoms with E-state index in [1.165, 1.54) is 0 Å². The molecule has 44 heavy (non-hydrogen) atoms. The van der Waals surface area contributed by atoms with Crippen molar-refractivity contribution >= 4 is 82.4 Å². The van der Waals surface area contributed by atoms with Crippen molar-refractivity contribution in [2.75, 3.05) is 13.2 Å². The monoisotopic (exact) mass is 760 g/mol. The van der Waals surface area contributed by atoms with Crippen molar-refractivity contribution < 1.29 is 68.4 Å². The van der Waals surface area contributed by atoms with Gasteiger partial charge in [-0.1, -0.05) is 13.2 Å². The highest BCUT2D eigenvalue weighted by Crippen LogP contribution is 2.49. The minimum atomic E-state index is -3.86. The molecule has 6 aliphatic rings. The molecule has 24 heteroatoms. The standard InChI is InChI=1S/C20H40O16Si8/c1-17(2)19(21)23-13-11-15-43-31-37(5)25-40(8)27-38(6,32-43)29-42(10)30-39(7,33-43)28-41(9,26-37)35-44(34-40,36-42)16-12-14-24-20(22)18(3)4/h1,3,11-16H2,2,4-10H3. The van der Waals surface area contributed by atoms with Crippen LogP contribution < -0.4 is 0 Å². The molecule has 6 aliphatic heterocycles. The molecule has 0 aromatic rings. The Hall–Kier alpha value is -0.325. The zero-order valence-electron chi connectivity index (χ0n) is 26.2. The largest absolute Gasteiger partial charge is 0.478 e. The van der Waals surface area contributed by atoms with Crippen LogP contribution in [0, 0.1) is 0 Å². The van der Waals surface area contributed by atoms with Crippen LogP contribution in [0.1, 0.15) is 26.7 Å². The summed E-state index contributed by atoms with van der Waals surface area (Å²) in [5, 5.41) is 0. The molecule has 16 nitrogen and oxygen atoms in total. The minimum absolute atomic E-state index is 0.0625. The average Bonchev–Trinajstić information content (AvgIpc) is 2.78. The van der Waals surface area contributed by atoms with Crippen LogP contribution >= 0.6 is 0 Å². The molecule has 0 unspecified atom stereocenters. The first kappa shape index (κ1) is 35.0. The van der Waals surface area contributed by atoms with Gasteiger partial charge >= 0.3 is 82.4 Å². The van der Waals surface area contributed by atoms with Crippen molar-refractivity contribution in [3.63, 3.8) is 0 Å². The van der Waals surface area contributed by atoms with Crippen molar-refractivity contribution in [1.82, 2.24) is 0 Å². The van der Waals surface area contributed by atoms with E-state index in [0.717, 1.165) is 0 Å². The molecule has 0 aliphatic carbocycles. The van der Waals surface area contributed by atoms with Crippen LogP contribution in [0.4, 0.5) is 0 Å². The van der Waals surface area contributed by atoms with Gasteiger partial charge in [-0.25, -0.2) is 9.59 Å². The lowest BCUT2D eigenvalue weighted by molar-refractivity contribution is -0.139. The van der Waals surface area contributed by atoms with Gasteiger partial charge in [0.05, 0.1) is 13.2 Å². The van der Waals surface area contributed by atoms with Gasteiger partial charge in [-0.05, 0) is 26.7 Å². The zero-order valence-corrected chi connectivity index (χ0v) is 34.2. The van der Waals surface area contributed by atoms with Gasteiger partial charge < -0.3 is 58.9 Å². The molecule has 0 aromatic carbocycles.